The number of hydrogen-bond donors (Lipinski definition) is 3. The number of carbonyl (C=O) groups excluding carboxylic acids is 4. The number of amides is 4. The molecule has 4 amide bonds. The van der Waals surface area contributed by atoms with Gasteiger partial charge in [-0.05, 0) is 63.5 Å². The van der Waals surface area contributed by atoms with Crippen molar-refractivity contribution in [1.82, 2.24) is 20.4 Å². The zero-order valence-corrected chi connectivity index (χ0v) is 27.1. The molecule has 0 bridgehead atoms. The zero-order chi connectivity index (χ0) is 33.2. The summed E-state index contributed by atoms with van der Waals surface area (Å²) >= 11 is 0. The highest BCUT2D eigenvalue weighted by Gasteiger charge is 2.61. The molecule has 6 atom stereocenters. The lowest BCUT2D eigenvalue weighted by atomic mass is 9.91. The first kappa shape index (κ1) is 33.3. The van der Waals surface area contributed by atoms with Gasteiger partial charge in [0, 0.05) is 25.4 Å². The van der Waals surface area contributed by atoms with Crippen molar-refractivity contribution in [3.05, 3.63) is 47.5 Å². The van der Waals surface area contributed by atoms with Gasteiger partial charge in [-0.2, -0.15) is 0 Å². The van der Waals surface area contributed by atoms with E-state index in [4.69, 9.17) is 9.47 Å². The van der Waals surface area contributed by atoms with Gasteiger partial charge >= 0.3 is 18.2 Å². The van der Waals surface area contributed by atoms with Gasteiger partial charge in [0.2, 0.25) is 11.8 Å². The Hall–Kier alpha value is -4.09. The van der Waals surface area contributed by atoms with Crippen LogP contribution in [0.5, 0.6) is 0 Å². The minimum atomic E-state index is -1.46. The van der Waals surface area contributed by atoms with Gasteiger partial charge in [0.1, 0.15) is 29.3 Å². The molecule has 0 radical (unpaired) electrons. The van der Waals surface area contributed by atoms with E-state index < -0.39 is 59.3 Å². The monoisotopic (exact) mass is 638 g/mol. The van der Waals surface area contributed by atoms with Gasteiger partial charge in [-0.25, -0.2) is 14.4 Å². The molecule has 1 aromatic rings. The number of allylic oxidation sites excluding steroid dienone is 1. The Morgan fingerprint density at radius 2 is 1.85 bits per heavy atom. The number of nitrogens with zero attached hydrogens (tertiary/aromatic N) is 2. The van der Waals surface area contributed by atoms with Crippen molar-refractivity contribution in [3.8, 4) is 0 Å². The van der Waals surface area contributed by atoms with Crippen LogP contribution >= 0.6 is 0 Å². The van der Waals surface area contributed by atoms with E-state index in [0.717, 1.165) is 24.8 Å². The minimum absolute atomic E-state index is 0.00133. The first-order valence-electron chi connectivity index (χ1n) is 16.3. The average Bonchev–Trinajstić information content (AvgIpc) is 3.52. The predicted molar refractivity (Wildman–Crippen MR) is 168 cm³/mol. The van der Waals surface area contributed by atoms with Crippen molar-refractivity contribution in [2.45, 2.75) is 114 Å². The van der Waals surface area contributed by atoms with Gasteiger partial charge in [-0.15, -0.1) is 0 Å². The van der Waals surface area contributed by atoms with Crippen molar-refractivity contribution in [1.29, 1.82) is 0 Å². The Labute approximate surface area is 269 Å². The summed E-state index contributed by atoms with van der Waals surface area (Å²) in [4.78, 5) is 69.4. The van der Waals surface area contributed by atoms with Crippen LogP contribution in [0.3, 0.4) is 0 Å². The van der Waals surface area contributed by atoms with Crippen LogP contribution in [0.1, 0.15) is 89.7 Å². The van der Waals surface area contributed by atoms with Gasteiger partial charge < -0.3 is 35.0 Å². The fourth-order valence-electron chi connectivity index (χ4n) is 6.81. The Balaban J connectivity index is 1.37. The summed E-state index contributed by atoms with van der Waals surface area (Å²) in [5.74, 6) is -2.52. The van der Waals surface area contributed by atoms with Crippen molar-refractivity contribution < 1.29 is 38.6 Å². The van der Waals surface area contributed by atoms with Crippen molar-refractivity contribution in [2.75, 3.05) is 13.1 Å². The first-order valence-corrected chi connectivity index (χ1v) is 16.3. The van der Waals surface area contributed by atoms with Crippen LogP contribution in [-0.2, 0) is 30.4 Å². The third-order valence-electron chi connectivity index (χ3n) is 9.28. The molecule has 0 spiro atoms. The molecule has 1 saturated carbocycles. The van der Waals surface area contributed by atoms with Crippen LogP contribution in [0.25, 0.3) is 0 Å². The minimum Gasteiger partial charge on any atom is -0.479 e. The number of carbonyl (C=O) groups is 5. The van der Waals surface area contributed by atoms with Crippen molar-refractivity contribution >= 4 is 30.0 Å². The topological polar surface area (TPSA) is 155 Å². The van der Waals surface area contributed by atoms with Gasteiger partial charge in [-0.3, -0.25) is 9.59 Å². The molecule has 3 heterocycles. The van der Waals surface area contributed by atoms with E-state index in [2.05, 4.69) is 16.7 Å². The third-order valence-corrected chi connectivity index (χ3v) is 9.28. The second-order valence-corrected chi connectivity index (χ2v) is 14.1. The van der Waals surface area contributed by atoms with E-state index in [-0.39, 0.29) is 31.2 Å². The molecular weight excluding hydrogens is 592 g/mol. The van der Waals surface area contributed by atoms with E-state index >= 15 is 0 Å². The maximum atomic E-state index is 14.1. The van der Waals surface area contributed by atoms with E-state index in [1.165, 1.54) is 10.5 Å². The number of ether oxygens (including phenoxy) is 2. The molecule has 1 aliphatic carbocycles. The molecule has 0 unspecified atom stereocenters. The highest BCUT2D eigenvalue weighted by atomic mass is 16.6. The number of nitrogens with one attached hydrogen (secondary N) is 2. The molecule has 46 heavy (non-hydrogen) atoms. The molecule has 0 aromatic heterocycles. The summed E-state index contributed by atoms with van der Waals surface area (Å²) in [5.41, 5.74) is -0.0184. The Kier molecular flexibility index (Phi) is 9.65. The largest absolute Gasteiger partial charge is 0.479 e. The van der Waals surface area contributed by atoms with Gasteiger partial charge in [-0.1, -0.05) is 56.2 Å². The number of aliphatic carboxylic acids is 1. The predicted octanol–water partition coefficient (Wildman–Crippen LogP) is 4.08. The van der Waals surface area contributed by atoms with Crippen LogP contribution in [0.4, 0.5) is 9.59 Å². The third kappa shape index (κ3) is 7.47. The fourth-order valence-corrected chi connectivity index (χ4v) is 6.81. The fraction of sp³-hybridized carbons (Fsp3) is 0.618. The molecule has 5 rings (SSSR count). The van der Waals surface area contributed by atoms with Gasteiger partial charge in [0.15, 0.2) is 0 Å². The lowest BCUT2D eigenvalue weighted by molar-refractivity contribution is -0.145. The summed E-state index contributed by atoms with van der Waals surface area (Å²) in [5, 5.41) is 15.5. The number of rotatable bonds is 3. The van der Waals surface area contributed by atoms with Crippen LogP contribution in [0, 0.1) is 5.92 Å². The van der Waals surface area contributed by atoms with Crippen LogP contribution in [0.2, 0.25) is 0 Å². The molecule has 4 aliphatic rings. The van der Waals surface area contributed by atoms with Crippen LogP contribution in [-0.4, -0.2) is 87.3 Å². The van der Waals surface area contributed by atoms with E-state index in [1.54, 1.807) is 25.7 Å². The van der Waals surface area contributed by atoms with E-state index in [1.807, 2.05) is 37.3 Å². The highest BCUT2D eigenvalue weighted by molar-refractivity contribution is 5.96. The second kappa shape index (κ2) is 13.3. The lowest BCUT2D eigenvalue weighted by Gasteiger charge is -2.33. The van der Waals surface area contributed by atoms with E-state index in [9.17, 15) is 29.1 Å². The SMILES string of the molecule is C[C@H]1CN(C(=O)O[C@@H]2C[C@H]3C(=O)N[C@]4(C(=O)O)C[C@H]4/C=C\CCCCC[C@H](NC(=O)OC(C)(C)C)C(=O)N3C2)Cc2ccccc21. The average molecular weight is 639 g/mol. The lowest BCUT2D eigenvalue weighted by Crippen LogP contribution is -2.56. The number of alkyl carbamates (subject to hydrolysis) is 1. The Morgan fingerprint density at radius 3 is 2.59 bits per heavy atom. The zero-order valence-electron chi connectivity index (χ0n) is 27.1. The standard InChI is InChI=1S/C34H46N4O8/c1-21-18-37(19-22-12-10-11-14-25(21)22)32(44)45-24-16-27-28(39)36-34(30(41)42)17-23(34)13-8-6-5-7-9-15-26(29(40)38(27)20-24)35-31(43)46-33(2,3)4/h8,10-14,21,23-24,26-27H,5-7,9,15-20H2,1-4H3,(H,35,43)(H,36,39)(H,41,42)/b13-8-/t21-,23+,24+,26-,27-,34+/m0/s1. The quantitative estimate of drug-likeness (QED) is 0.419. The van der Waals surface area contributed by atoms with Crippen LogP contribution < -0.4 is 10.6 Å². The van der Waals surface area contributed by atoms with Gasteiger partial charge in [0.25, 0.3) is 0 Å². The van der Waals surface area contributed by atoms with Gasteiger partial charge in [0.05, 0.1) is 6.54 Å². The number of carboxylic acid groups (broad SMARTS) is 1. The summed E-state index contributed by atoms with van der Waals surface area (Å²) < 4.78 is 11.3. The highest BCUT2D eigenvalue weighted by Crippen LogP contribution is 2.45. The number of carboxylic acids is 1. The van der Waals surface area contributed by atoms with Crippen molar-refractivity contribution in [2.24, 2.45) is 5.92 Å². The molecule has 3 N–H and O–H groups in total. The first-order chi connectivity index (χ1) is 21.8. The summed E-state index contributed by atoms with van der Waals surface area (Å²) in [7, 11) is 0. The number of fused-ring (bicyclic) bond motifs is 3. The number of benzene rings is 1. The molecule has 1 aromatic carbocycles. The van der Waals surface area contributed by atoms with Crippen LogP contribution in [0.15, 0.2) is 36.4 Å². The molecule has 3 aliphatic heterocycles. The summed E-state index contributed by atoms with van der Waals surface area (Å²) in [6.07, 6.45) is 5.26. The van der Waals surface area contributed by atoms with Crippen molar-refractivity contribution in [3.63, 3.8) is 0 Å². The maximum absolute atomic E-state index is 14.1. The molecule has 2 fully saturated rings. The molecule has 250 valence electrons. The molecule has 12 nitrogen and oxygen atoms in total. The number of hydrogen-bond acceptors (Lipinski definition) is 7. The smallest absolute Gasteiger partial charge is 0.410 e. The summed E-state index contributed by atoms with van der Waals surface area (Å²) in [6, 6.07) is 5.86. The Bertz CT molecular complexity index is 1390. The second-order valence-electron chi connectivity index (χ2n) is 14.1. The molecule has 12 heteroatoms. The molecular formula is C34H46N4O8. The normalized spacial score (nSPS) is 30.7. The van der Waals surface area contributed by atoms with E-state index in [0.29, 0.717) is 25.9 Å². The molecule has 1 saturated heterocycles. The maximum Gasteiger partial charge on any atom is 0.410 e. The summed E-state index contributed by atoms with van der Waals surface area (Å²) in [6.45, 7) is 8.00. The Morgan fingerprint density at radius 1 is 1.09 bits per heavy atom.